The molecule has 1 atom stereocenters. The first-order chi connectivity index (χ1) is 18.5. The zero-order valence-corrected chi connectivity index (χ0v) is 22.1. The van der Waals surface area contributed by atoms with E-state index in [2.05, 4.69) is 29.2 Å². The number of ether oxygens (including phenoxy) is 1. The summed E-state index contributed by atoms with van der Waals surface area (Å²) in [6.07, 6.45) is -1.58. The maximum absolute atomic E-state index is 12.3. The molecule has 0 bridgehead atoms. The molecule has 1 N–H and O–H groups in total. The molecule has 0 aliphatic carbocycles. The van der Waals surface area contributed by atoms with Gasteiger partial charge in [-0.25, -0.2) is 4.39 Å². The van der Waals surface area contributed by atoms with Gasteiger partial charge in [-0.1, -0.05) is 55.5 Å². The van der Waals surface area contributed by atoms with Crippen molar-refractivity contribution in [3.8, 4) is 0 Å². The molecule has 2 aromatic rings. The summed E-state index contributed by atoms with van der Waals surface area (Å²) < 4.78 is 91.8. The van der Waals surface area contributed by atoms with Crippen LogP contribution in [0.5, 0.6) is 0 Å². The fourth-order valence-corrected chi connectivity index (χ4v) is 3.79. The molecule has 1 aliphatic heterocycles. The minimum Gasteiger partial charge on any atom is -0.400 e. The van der Waals surface area contributed by atoms with Crippen LogP contribution in [0.3, 0.4) is 0 Å². The maximum Gasteiger partial charge on any atom is 0.416 e. The molecule has 1 fully saturated rings. The Kier molecular flexibility index (Phi) is 14.8. The number of nitrogens with zero attached hydrogens (tertiary/aromatic N) is 1. The van der Waals surface area contributed by atoms with Gasteiger partial charge in [-0.15, -0.1) is 0 Å². The lowest BCUT2D eigenvalue weighted by Crippen LogP contribution is -2.45. The third kappa shape index (κ3) is 11.8. The van der Waals surface area contributed by atoms with Crippen molar-refractivity contribution in [3.63, 3.8) is 0 Å². The minimum absolute atomic E-state index is 0.0159. The number of aliphatic hydroxyl groups excluding tert-OH is 1. The number of rotatable bonds is 6. The quantitative estimate of drug-likeness (QED) is 0.289. The van der Waals surface area contributed by atoms with Gasteiger partial charge in [0.2, 0.25) is 0 Å². The monoisotopic (exact) mass is 561 g/mol. The van der Waals surface area contributed by atoms with Gasteiger partial charge in [0, 0.05) is 20.2 Å². The summed E-state index contributed by atoms with van der Waals surface area (Å²) in [4.78, 5) is 2.39. The highest BCUT2D eigenvalue weighted by molar-refractivity contribution is 5.33. The first-order valence-corrected chi connectivity index (χ1v) is 12.2. The van der Waals surface area contributed by atoms with Crippen molar-refractivity contribution in [1.29, 1.82) is 0 Å². The summed E-state index contributed by atoms with van der Waals surface area (Å²) in [6.45, 7) is 6.61. The molecule has 0 amide bonds. The fraction of sp³-hybridized carbons (Fsp3) is 0.379. The number of allylic oxidation sites excluding steroid dienone is 3. The lowest BCUT2D eigenvalue weighted by Gasteiger charge is -2.36. The lowest BCUT2D eigenvalue weighted by atomic mass is 10.0. The van der Waals surface area contributed by atoms with Crippen LogP contribution in [-0.2, 0) is 30.1 Å². The second-order valence-electron chi connectivity index (χ2n) is 8.30. The van der Waals surface area contributed by atoms with Crippen LogP contribution in [0.25, 0.3) is 0 Å². The second-order valence-corrected chi connectivity index (χ2v) is 8.30. The smallest absolute Gasteiger partial charge is 0.400 e. The first kappa shape index (κ1) is 34.1. The number of morpholine rings is 1. The molecule has 1 heterocycles. The average Bonchev–Trinajstić information content (AvgIpc) is 2.92. The largest absolute Gasteiger partial charge is 0.416 e. The Morgan fingerprint density at radius 1 is 0.974 bits per heavy atom. The molecule has 216 valence electrons. The Labute approximate surface area is 224 Å². The van der Waals surface area contributed by atoms with E-state index >= 15 is 0 Å². The van der Waals surface area contributed by atoms with Crippen molar-refractivity contribution < 1.29 is 40.6 Å². The summed E-state index contributed by atoms with van der Waals surface area (Å²) in [7, 11) is 1.00. The van der Waals surface area contributed by atoms with E-state index < -0.39 is 23.5 Å². The molecule has 0 radical (unpaired) electrons. The van der Waals surface area contributed by atoms with E-state index in [1.54, 1.807) is 0 Å². The first-order valence-electron chi connectivity index (χ1n) is 12.2. The van der Waals surface area contributed by atoms with E-state index in [9.17, 15) is 30.7 Å². The molecule has 0 unspecified atom stereocenters. The highest BCUT2D eigenvalue weighted by Gasteiger charge is 2.36. The number of hydrogen-bond acceptors (Lipinski definition) is 3. The van der Waals surface area contributed by atoms with Crippen molar-refractivity contribution in [2.45, 2.75) is 45.2 Å². The van der Waals surface area contributed by atoms with Gasteiger partial charge in [0.1, 0.15) is 0 Å². The predicted molar refractivity (Wildman–Crippen MR) is 139 cm³/mol. The Balaban J connectivity index is 0.000000379. The molecule has 0 spiro atoms. The highest BCUT2D eigenvalue weighted by Crippen LogP contribution is 2.36. The fourth-order valence-electron chi connectivity index (χ4n) is 3.79. The van der Waals surface area contributed by atoms with Gasteiger partial charge in [-0.2, -0.15) is 26.3 Å². The average molecular weight is 562 g/mol. The van der Waals surface area contributed by atoms with Crippen LogP contribution in [0.1, 0.15) is 36.1 Å². The van der Waals surface area contributed by atoms with Crippen LogP contribution in [0.2, 0.25) is 0 Å². The van der Waals surface area contributed by atoms with Gasteiger partial charge in [-0.3, -0.25) is 4.90 Å². The second kappa shape index (κ2) is 16.9. The number of alkyl halides is 6. The van der Waals surface area contributed by atoms with Gasteiger partial charge in [0.15, 0.2) is 0 Å². The van der Waals surface area contributed by atoms with Gasteiger partial charge >= 0.3 is 12.4 Å². The van der Waals surface area contributed by atoms with Crippen molar-refractivity contribution in [3.05, 3.63) is 107 Å². The van der Waals surface area contributed by atoms with Gasteiger partial charge < -0.3 is 9.84 Å². The van der Waals surface area contributed by atoms with Crippen LogP contribution in [0, 0.1) is 0 Å². The lowest BCUT2D eigenvalue weighted by molar-refractivity contribution is -0.143. The molecule has 0 aromatic heterocycles. The number of aliphatic hydroxyl groups is 1. The molecule has 1 aliphatic rings. The summed E-state index contributed by atoms with van der Waals surface area (Å²) in [5.41, 5.74) is -0.159. The molecular formula is C29H34F7NO2. The zero-order valence-electron chi connectivity index (χ0n) is 22.1. The van der Waals surface area contributed by atoms with Gasteiger partial charge in [0.25, 0.3) is 0 Å². The van der Waals surface area contributed by atoms with E-state index in [0.717, 1.165) is 44.5 Å². The summed E-state index contributed by atoms with van der Waals surface area (Å²) in [6, 6.07) is 12.1. The van der Waals surface area contributed by atoms with E-state index in [4.69, 9.17) is 9.84 Å². The van der Waals surface area contributed by atoms with E-state index in [1.807, 2.05) is 31.2 Å². The minimum atomic E-state index is -4.76. The van der Waals surface area contributed by atoms with Crippen molar-refractivity contribution >= 4 is 0 Å². The number of hydrogen-bond donors (Lipinski definition) is 1. The Bertz CT molecular complexity index is 1030. The molecule has 2 aromatic carbocycles. The molecule has 39 heavy (non-hydrogen) atoms. The molecule has 10 heteroatoms. The van der Waals surface area contributed by atoms with Crippen LogP contribution in [-0.4, -0.2) is 42.9 Å². The van der Waals surface area contributed by atoms with E-state index in [0.29, 0.717) is 12.9 Å². The number of halogens is 7. The van der Waals surface area contributed by atoms with Crippen LogP contribution >= 0.6 is 0 Å². The highest BCUT2D eigenvalue weighted by atomic mass is 19.4. The topological polar surface area (TPSA) is 32.7 Å². The Morgan fingerprint density at radius 2 is 1.56 bits per heavy atom. The molecule has 3 nitrogen and oxygen atoms in total. The normalized spacial score (nSPS) is 17.0. The third-order valence-corrected chi connectivity index (χ3v) is 5.63. The molecule has 0 saturated carbocycles. The summed E-state index contributed by atoms with van der Waals surface area (Å²) in [5, 5.41) is 7.00. The van der Waals surface area contributed by atoms with Crippen LogP contribution < -0.4 is 0 Å². The van der Waals surface area contributed by atoms with Crippen LogP contribution in [0.4, 0.5) is 30.7 Å². The van der Waals surface area contributed by atoms with Crippen molar-refractivity contribution in [2.75, 3.05) is 26.9 Å². The van der Waals surface area contributed by atoms with Crippen molar-refractivity contribution in [2.24, 2.45) is 0 Å². The van der Waals surface area contributed by atoms with Crippen molar-refractivity contribution in [1.82, 2.24) is 4.90 Å². The van der Waals surface area contributed by atoms with Gasteiger partial charge in [0.05, 0.1) is 36.7 Å². The molecule has 1 saturated heterocycles. The van der Waals surface area contributed by atoms with Gasteiger partial charge in [-0.05, 0) is 54.3 Å². The number of aryl methyl sites for hydroxylation is 1. The zero-order chi connectivity index (χ0) is 29.5. The number of benzene rings is 2. The Morgan fingerprint density at radius 3 is 2.05 bits per heavy atom. The summed E-state index contributed by atoms with van der Waals surface area (Å²) >= 11 is 0. The predicted octanol–water partition coefficient (Wildman–Crippen LogP) is 7.77. The van der Waals surface area contributed by atoms with E-state index in [1.165, 1.54) is 18.6 Å². The standard InChI is InChI=1S/C18H22FNO.C10H8F6.CH4O/c1-2-7-17(10-6-11-19)18-15-21-13-12-20(18)14-16-8-4-3-5-9-16;1-2-6-3-7(9(11,12)13)5-8(4-6)10(14,15)16;1-2/h2-11,18H,12-15H2,1H3;3-5H,2H2,1H3;2H,1H3/b7-2-,11-6+,17-10+;;/t18-;;/m0../s1. The Hall–Kier alpha value is -2.95. The maximum atomic E-state index is 12.3. The molecular weight excluding hydrogens is 527 g/mol. The van der Waals surface area contributed by atoms with E-state index in [-0.39, 0.29) is 24.1 Å². The molecule has 3 rings (SSSR count). The SMILES string of the molecule is CCc1cc(C(F)(F)F)cc(C(F)(F)F)c1.CO.C\C=C/C(=C\C=C\F)[C@@H]1COCCN1Cc1ccccc1. The van der Waals surface area contributed by atoms with Crippen LogP contribution in [0.15, 0.2) is 84.7 Å². The third-order valence-electron chi connectivity index (χ3n) is 5.63. The summed E-state index contributed by atoms with van der Waals surface area (Å²) in [5.74, 6) is 0.